The fourth-order valence-electron chi connectivity index (χ4n) is 9.41. The quantitative estimate of drug-likeness (QED) is 0.521. The number of carbonyl (C=O) groups is 1. The van der Waals surface area contributed by atoms with Gasteiger partial charge in [-0.3, -0.25) is 4.79 Å². The third kappa shape index (κ3) is 1.97. The maximum Gasteiger partial charge on any atom is 0.219 e. The molecule has 5 saturated carbocycles. The zero-order chi connectivity index (χ0) is 19.9. The van der Waals surface area contributed by atoms with Crippen molar-refractivity contribution in [1.29, 1.82) is 0 Å². The molecule has 6 atom stereocenters. The average molecular weight is 388 g/mol. The van der Waals surface area contributed by atoms with E-state index in [1.807, 2.05) is 14.2 Å². The van der Waals surface area contributed by atoms with Crippen LogP contribution in [0.2, 0.25) is 0 Å². The topological polar surface area (TPSA) is 38.8 Å². The molecule has 0 aromatic rings. The Hall–Kier alpha value is -0.870. The Morgan fingerprint density at radius 2 is 1.79 bits per heavy atom. The Bertz CT molecular complexity index is 715. The van der Waals surface area contributed by atoms with Gasteiger partial charge in [0, 0.05) is 39.6 Å². The lowest BCUT2D eigenvalue weighted by Crippen LogP contribution is -2.74. The van der Waals surface area contributed by atoms with Crippen molar-refractivity contribution in [3.8, 4) is 0 Å². The smallest absolute Gasteiger partial charge is 0.219 e. The monoisotopic (exact) mass is 387 g/mol. The lowest BCUT2D eigenvalue weighted by atomic mass is 9.34. The first-order chi connectivity index (χ1) is 13.3. The molecule has 6 rings (SSSR count). The van der Waals surface area contributed by atoms with Crippen molar-refractivity contribution >= 4 is 5.91 Å². The number of piperidine rings is 1. The second-order valence-corrected chi connectivity index (χ2v) is 10.9. The second-order valence-electron chi connectivity index (χ2n) is 10.9. The van der Waals surface area contributed by atoms with Gasteiger partial charge in [0.1, 0.15) is 0 Å². The van der Waals surface area contributed by atoms with Crippen LogP contribution < -0.4 is 0 Å². The number of amides is 1. The molecule has 4 bridgehead atoms. The minimum atomic E-state index is -0.648. The number of carbonyl (C=O) groups excluding carboxylic acids is 1. The van der Waals surface area contributed by atoms with Crippen LogP contribution in [-0.2, 0) is 14.3 Å². The molecule has 4 heteroatoms. The number of methoxy groups -OCH3 is 2. The summed E-state index contributed by atoms with van der Waals surface area (Å²) in [5.41, 5.74) is 1.67. The molecule has 156 valence electrons. The Kier molecular flexibility index (Phi) is 3.99. The Morgan fingerprint density at radius 3 is 2.46 bits per heavy atom. The highest BCUT2D eigenvalue weighted by molar-refractivity contribution is 5.73. The fourth-order valence-corrected chi connectivity index (χ4v) is 9.41. The number of hydrogen-bond acceptors (Lipinski definition) is 3. The van der Waals surface area contributed by atoms with Crippen molar-refractivity contribution in [2.75, 3.05) is 27.3 Å². The molecule has 1 amide bonds. The van der Waals surface area contributed by atoms with E-state index in [0.29, 0.717) is 11.8 Å². The van der Waals surface area contributed by atoms with Crippen molar-refractivity contribution in [3.05, 3.63) is 12.2 Å². The van der Waals surface area contributed by atoms with Gasteiger partial charge in [0.2, 0.25) is 5.91 Å². The minimum Gasteiger partial charge on any atom is -0.349 e. The molecule has 0 unspecified atom stereocenters. The molecule has 1 saturated heterocycles. The zero-order valence-electron chi connectivity index (χ0n) is 18.2. The molecule has 0 aromatic carbocycles. The van der Waals surface area contributed by atoms with Gasteiger partial charge in [0.25, 0.3) is 0 Å². The van der Waals surface area contributed by atoms with E-state index in [4.69, 9.17) is 9.47 Å². The van der Waals surface area contributed by atoms with Crippen LogP contribution in [0.5, 0.6) is 0 Å². The van der Waals surface area contributed by atoms with Gasteiger partial charge in [0.05, 0.1) is 0 Å². The summed E-state index contributed by atoms with van der Waals surface area (Å²) in [6.07, 6.45) is 9.84. The van der Waals surface area contributed by atoms with Crippen molar-refractivity contribution in [2.24, 2.45) is 34.0 Å². The zero-order valence-corrected chi connectivity index (χ0v) is 18.2. The van der Waals surface area contributed by atoms with Gasteiger partial charge in [-0.1, -0.05) is 19.9 Å². The SMILES string of the molecule is C=C1[C@H]2CC[C@@]3(CC[C@@H]4[C@@]5(C)CCC[C@@]4(CN(C(C)=O)C5)[C@@H]3C2)C1(OC)OC. The predicted octanol–water partition coefficient (Wildman–Crippen LogP) is 4.40. The van der Waals surface area contributed by atoms with Gasteiger partial charge < -0.3 is 14.4 Å². The van der Waals surface area contributed by atoms with E-state index in [9.17, 15) is 4.79 Å². The molecule has 6 aliphatic rings. The minimum absolute atomic E-state index is 0.0108. The third-order valence-electron chi connectivity index (χ3n) is 10.3. The highest BCUT2D eigenvalue weighted by Gasteiger charge is 2.74. The van der Waals surface area contributed by atoms with Gasteiger partial charge >= 0.3 is 0 Å². The van der Waals surface area contributed by atoms with Crippen LogP contribution in [0.3, 0.4) is 0 Å². The van der Waals surface area contributed by atoms with E-state index in [2.05, 4.69) is 18.4 Å². The summed E-state index contributed by atoms with van der Waals surface area (Å²) in [6.45, 7) is 10.6. The van der Waals surface area contributed by atoms with E-state index < -0.39 is 5.79 Å². The molecule has 5 aliphatic carbocycles. The highest BCUT2D eigenvalue weighted by Crippen LogP contribution is 2.76. The van der Waals surface area contributed by atoms with E-state index in [0.717, 1.165) is 19.0 Å². The van der Waals surface area contributed by atoms with Crippen LogP contribution >= 0.6 is 0 Å². The van der Waals surface area contributed by atoms with Crippen molar-refractivity contribution in [1.82, 2.24) is 4.90 Å². The van der Waals surface area contributed by atoms with Crippen molar-refractivity contribution in [3.63, 3.8) is 0 Å². The van der Waals surface area contributed by atoms with Gasteiger partial charge in [-0.25, -0.2) is 0 Å². The van der Waals surface area contributed by atoms with Gasteiger partial charge in [-0.05, 0) is 79.1 Å². The summed E-state index contributed by atoms with van der Waals surface area (Å²) < 4.78 is 12.5. The Balaban J connectivity index is 1.67. The highest BCUT2D eigenvalue weighted by atomic mass is 16.7. The molecule has 1 aliphatic heterocycles. The average Bonchev–Trinajstić information content (AvgIpc) is 2.67. The summed E-state index contributed by atoms with van der Waals surface area (Å²) in [4.78, 5) is 14.7. The van der Waals surface area contributed by atoms with Crippen LogP contribution in [0, 0.1) is 34.0 Å². The maximum absolute atomic E-state index is 12.5. The van der Waals surface area contributed by atoms with E-state index >= 15 is 0 Å². The molecular formula is C24H37NO3. The standard InChI is InChI=1S/C24H37NO3/c1-16-18-7-11-23(24(16,27-4)28-5)12-8-19-21(3)9-6-10-22(19,20(23)13-18)15-25(14-21)17(2)26/h18-20H,1,6-15H2,2-5H3/t18-,19+,20-,21-,22-,23-/m0/s1. The lowest BCUT2D eigenvalue weighted by molar-refractivity contribution is -0.341. The number of rotatable bonds is 2. The molecule has 28 heavy (non-hydrogen) atoms. The summed E-state index contributed by atoms with van der Waals surface area (Å²) >= 11 is 0. The summed E-state index contributed by atoms with van der Waals surface area (Å²) in [5.74, 6) is 1.37. The Labute approximate surface area is 170 Å². The van der Waals surface area contributed by atoms with E-state index in [1.54, 1.807) is 6.92 Å². The van der Waals surface area contributed by atoms with Crippen LogP contribution in [0.25, 0.3) is 0 Å². The summed E-state index contributed by atoms with van der Waals surface area (Å²) in [6, 6.07) is 0. The Morgan fingerprint density at radius 1 is 1.07 bits per heavy atom. The number of ether oxygens (including phenoxy) is 2. The van der Waals surface area contributed by atoms with Crippen LogP contribution in [0.1, 0.15) is 65.2 Å². The molecule has 0 radical (unpaired) electrons. The summed E-state index contributed by atoms with van der Waals surface area (Å²) in [5, 5.41) is 0. The number of fused-ring (bicyclic) bond motifs is 2. The first-order valence-corrected chi connectivity index (χ1v) is 11.3. The van der Waals surface area contributed by atoms with E-state index in [-0.39, 0.29) is 22.2 Å². The first kappa shape index (κ1) is 19.1. The number of nitrogens with zero attached hydrogens (tertiary/aromatic N) is 1. The van der Waals surface area contributed by atoms with Gasteiger partial charge in [-0.2, -0.15) is 0 Å². The van der Waals surface area contributed by atoms with E-state index in [1.165, 1.54) is 56.9 Å². The lowest BCUT2D eigenvalue weighted by Gasteiger charge is -2.74. The molecule has 4 nitrogen and oxygen atoms in total. The first-order valence-electron chi connectivity index (χ1n) is 11.3. The maximum atomic E-state index is 12.5. The van der Waals surface area contributed by atoms with Gasteiger partial charge in [0.15, 0.2) is 5.79 Å². The third-order valence-corrected chi connectivity index (χ3v) is 10.3. The molecule has 0 aromatic heterocycles. The molecule has 1 heterocycles. The number of likely N-dealkylation sites (tertiary alicyclic amines) is 1. The molecule has 0 N–H and O–H groups in total. The van der Waals surface area contributed by atoms with Gasteiger partial charge in [-0.15, -0.1) is 0 Å². The largest absolute Gasteiger partial charge is 0.349 e. The van der Waals surface area contributed by atoms with Crippen LogP contribution in [0.4, 0.5) is 0 Å². The van der Waals surface area contributed by atoms with Crippen molar-refractivity contribution in [2.45, 2.75) is 71.0 Å². The fraction of sp³-hybridized carbons (Fsp3) is 0.875. The van der Waals surface area contributed by atoms with Crippen LogP contribution in [0.15, 0.2) is 12.2 Å². The predicted molar refractivity (Wildman–Crippen MR) is 109 cm³/mol. The molecular weight excluding hydrogens is 350 g/mol. The second kappa shape index (κ2) is 5.85. The van der Waals surface area contributed by atoms with Crippen molar-refractivity contribution < 1.29 is 14.3 Å². The molecule has 6 fully saturated rings. The normalized spacial score (nSPS) is 48.8. The number of hydrogen-bond donors (Lipinski definition) is 0. The van der Waals surface area contributed by atoms with Crippen LogP contribution in [-0.4, -0.2) is 43.9 Å². The summed E-state index contributed by atoms with van der Waals surface area (Å²) in [7, 11) is 3.64. The molecule has 1 spiro atoms.